The fourth-order valence-corrected chi connectivity index (χ4v) is 3.37. The largest absolute Gasteiger partial charge is 0.489 e. The Morgan fingerprint density at radius 1 is 1.12 bits per heavy atom. The van der Waals surface area contributed by atoms with Crippen LogP contribution in [0.4, 0.5) is 5.69 Å². The number of rotatable bonds is 6. The molecule has 1 heterocycles. The summed E-state index contributed by atoms with van der Waals surface area (Å²) in [6.07, 6.45) is 1.56. The molecule has 0 saturated carbocycles. The first-order valence-electron chi connectivity index (χ1n) is 9.33. The zero-order chi connectivity index (χ0) is 22.7. The van der Waals surface area contributed by atoms with E-state index in [1.54, 1.807) is 24.3 Å². The first kappa shape index (κ1) is 21.7. The topological polar surface area (TPSA) is 91.0 Å². The van der Waals surface area contributed by atoms with Crippen molar-refractivity contribution in [3.05, 3.63) is 109 Å². The van der Waals surface area contributed by atoms with Crippen molar-refractivity contribution < 1.29 is 19.2 Å². The van der Waals surface area contributed by atoms with Crippen molar-refractivity contribution in [2.75, 3.05) is 0 Å². The standard InChI is InChI=1S/C23H14BrClN2O5/c24-17-7-4-14(5-8-17)13-31-18-3-1-2-15(10-18)11-20-23(28)32-22(26-20)16-6-9-19(25)21(12-16)27(29)30/h1-12H,13H2/b20-11-. The molecular weight excluding hydrogens is 500 g/mol. The minimum atomic E-state index is -0.654. The molecule has 7 nitrogen and oxygen atoms in total. The van der Waals surface area contributed by atoms with Crippen molar-refractivity contribution in [2.24, 2.45) is 4.99 Å². The van der Waals surface area contributed by atoms with Gasteiger partial charge in [0.1, 0.15) is 17.4 Å². The van der Waals surface area contributed by atoms with Gasteiger partial charge in [0.25, 0.3) is 5.69 Å². The van der Waals surface area contributed by atoms with Crippen LogP contribution in [0.2, 0.25) is 5.02 Å². The Bertz CT molecular complexity index is 1270. The molecule has 1 aliphatic rings. The van der Waals surface area contributed by atoms with Gasteiger partial charge in [0.15, 0.2) is 5.70 Å². The van der Waals surface area contributed by atoms with E-state index in [-0.39, 0.29) is 27.9 Å². The second-order valence-corrected chi connectivity index (χ2v) is 8.07. The molecule has 32 heavy (non-hydrogen) atoms. The van der Waals surface area contributed by atoms with E-state index in [2.05, 4.69) is 20.9 Å². The second-order valence-electron chi connectivity index (χ2n) is 6.75. The number of carbonyl (C=O) groups excluding carboxylic acids is 1. The molecule has 0 saturated heterocycles. The number of hydrogen-bond acceptors (Lipinski definition) is 6. The molecule has 0 atom stereocenters. The fraction of sp³-hybridized carbons (Fsp3) is 0.0435. The first-order valence-corrected chi connectivity index (χ1v) is 10.5. The van der Waals surface area contributed by atoms with Gasteiger partial charge in [0.2, 0.25) is 5.90 Å². The van der Waals surface area contributed by atoms with E-state index in [0.29, 0.717) is 17.9 Å². The summed E-state index contributed by atoms with van der Waals surface area (Å²) in [6, 6.07) is 19.1. The van der Waals surface area contributed by atoms with Crippen molar-refractivity contribution in [3.63, 3.8) is 0 Å². The molecule has 3 aromatic rings. The maximum absolute atomic E-state index is 12.3. The summed E-state index contributed by atoms with van der Waals surface area (Å²) >= 11 is 9.23. The van der Waals surface area contributed by atoms with Gasteiger partial charge in [-0.05, 0) is 53.6 Å². The van der Waals surface area contributed by atoms with E-state index >= 15 is 0 Å². The summed E-state index contributed by atoms with van der Waals surface area (Å²) in [6.45, 7) is 0.396. The minimum Gasteiger partial charge on any atom is -0.489 e. The number of nitrogens with zero attached hydrogens (tertiary/aromatic N) is 2. The van der Waals surface area contributed by atoms with Crippen LogP contribution in [0.25, 0.3) is 6.08 Å². The van der Waals surface area contributed by atoms with Gasteiger partial charge in [-0.3, -0.25) is 10.1 Å². The third-order valence-electron chi connectivity index (χ3n) is 4.49. The van der Waals surface area contributed by atoms with Gasteiger partial charge < -0.3 is 9.47 Å². The van der Waals surface area contributed by atoms with Gasteiger partial charge >= 0.3 is 5.97 Å². The van der Waals surface area contributed by atoms with Gasteiger partial charge in [-0.1, -0.05) is 51.8 Å². The molecule has 3 aromatic carbocycles. The highest BCUT2D eigenvalue weighted by atomic mass is 79.9. The Kier molecular flexibility index (Phi) is 6.34. The third kappa shape index (κ3) is 5.04. The maximum Gasteiger partial charge on any atom is 0.363 e. The summed E-state index contributed by atoms with van der Waals surface area (Å²) in [4.78, 5) is 26.9. The highest BCUT2D eigenvalue weighted by Gasteiger charge is 2.26. The molecule has 0 spiro atoms. The van der Waals surface area contributed by atoms with E-state index in [1.165, 1.54) is 18.2 Å². The molecule has 0 unspecified atom stereocenters. The molecule has 160 valence electrons. The van der Waals surface area contributed by atoms with E-state index in [1.807, 2.05) is 30.3 Å². The predicted octanol–water partition coefficient (Wildman–Crippen LogP) is 5.93. The van der Waals surface area contributed by atoms with Gasteiger partial charge in [0, 0.05) is 16.1 Å². The van der Waals surface area contributed by atoms with Crippen molar-refractivity contribution >= 4 is 51.2 Å². The van der Waals surface area contributed by atoms with E-state index in [4.69, 9.17) is 21.1 Å². The molecule has 9 heteroatoms. The number of carbonyl (C=O) groups is 1. The lowest BCUT2D eigenvalue weighted by Crippen LogP contribution is -2.06. The number of hydrogen-bond donors (Lipinski definition) is 0. The molecule has 0 bridgehead atoms. The van der Waals surface area contributed by atoms with E-state index in [9.17, 15) is 14.9 Å². The molecule has 4 rings (SSSR count). The summed E-state index contributed by atoms with van der Waals surface area (Å²) in [7, 11) is 0. The highest BCUT2D eigenvalue weighted by molar-refractivity contribution is 9.10. The SMILES string of the molecule is O=C1OC(c2ccc(Cl)c([N+](=O)[O-])c2)=N/C1=C\c1cccc(OCc2ccc(Br)cc2)c1. The number of aliphatic imine (C=N–C) groups is 1. The lowest BCUT2D eigenvalue weighted by atomic mass is 10.2. The fourth-order valence-electron chi connectivity index (χ4n) is 2.92. The van der Waals surface area contributed by atoms with Crippen LogP contribution >= 0.6 is 27.5 Å². The Morgan fingerprint density at radius 2 is 1.91 bits per heavy atom. The van der Waals surface area contributed by atoms with Gasteiger partial charge in [-0.25, -0.2) is 9.79 Å². The number of cyclic esters (lactones) is 1. The Hall–Kier alpha value is -3.49. The number of nitro groups is 1. The number of benzene rings is 3. The summed E-state index contributed by atoms with van der Waals surface area (Å²) in [5.74, 6) is -0.0476. The van der Waals surface area contributed by atoms with Crippen LogP contribution in [0.3, 0.4) is 0 Å². The van der Waals surface area contributed by atoms with Crippen molar-refractivity contribution in [1.29, 1.82) is 0 Å². The third-order valence-corrected chi connectivity index (χ3v) is 5.34. The van der Waals surface area contributed by atoms with Gasteiger partial charge in [-0.2, -0.15) is 0 Å². The molecule has 0 radical (unpaired) electrons. The normalized spacial score (nSPS) is 14.2. The first-order chi connectivity index (χ1) is 15.4. The van der Waals surface area contributed by atoms with E-state index in [0.717, 1.165) is 10.0 Å². The molecular formula is C23H14BrClN2O5. The lowest BCUT2D eigenvalue weighted by Gasteiger charge is -2.07. The molecule has 0 aliphatic carbocycles. The Labute approximate surface area is 196 Å². The number of halogens is 2. The number of ether oxygens (including phenoxy) is 2. The Balaban J connectivity index is 1.53. The van der Waals surface area contributed by atoms with Crippen LogP contribution in [-0.2, 0) is 16.1 Å². The number of esters is 1. The van der Waals surface area contributed by atoms with Gasteiger partial charge in [-0.15, -0.1) is 0 Å². The molecule has 0 aromatic heterocycles. The van der Waals surface area contributed by atoms with Crippen molar-refractivity contribution in [1.82, 2.24) is 0 Å². The molecule has 0 fully saturated rings. The summed E-state index contributed by atoms with van der Waals surface area (Å²) < 4.78 is 12.0. The summed E-state index contributed by atoms with van der Waals surface area (Å²) in [5.41, 5.74) is 1.77. The zero-order valence-electron chi connectivity index (χ0n) is 16.3. The van der Waals surface area contributed by atoms with Crippen LogP contribution in [0.15, 0.2) is 81.9 Å². The van der Waals surface area contributed by atoms with E-state index < -0.39 is 10.9 Å². The molecule has 0 amide bonds. The van der Waals surface area contributed by atoms with Crippen molar-refractivity contribution in [3.8, 4) is 5.75 Å². The predicted molar refractivity (Wildman–Crippen MR) is 124 cm³/mol. The highest BCUT2D eigenvalue weighted by Crippen LogP contribution is 2.28. The zero-order valence-corrected chi connectivity index (χ0v) is 18.7. The minimum absolute atomic E-state index is 0.0145. The Morgan fingerprint density at radius 3 is 2.66 bits per heavy atom. The van der Waals surface area contributed by atoms with Crippen molar-refractivity contribution in [2.45, 2.75) is 6.61 Å². The van der Waals surface area contributed by atoms with Crippen LogP contribution in [0, 0.1) is 10.1 Å². The van der Waals surface area contributed by atoms with Crippen LogP contribution in [0.1, 0.15) is 16.7 Å². The summed E-state index contributed by atoms with van der Waals surface area (Å²) in [5, 5.41) is 11.1. The van der Waals surface area contributed by atoms with Crippen LogP contribution in [-0.4, -0.2) is 16.8 Å². The second kappa shape index (κ2) is 9.33. The number of nitro benzene ring substituents is 1. The maximum atomic E-state index is 12.3. The van der Waals surface area contributed by atoms with Crippen LogP contribution in [0.5, 0.6) is 5.75 Å². The average molecular weight is 514 g/mol. The smallest absolute Gasteiger partial charge is 0.363 e. The lowest BCUT2D eigenvalue weighted by molar-refractivity contribution is -0.384. The quantitative estimate of drug-likeness (QED) is 0.176. The molecule has 0 N–H and O–H groups in total. The monoisotopic (exact) mass is 512 g/mol. The average Bonchev–Trinajstić information content (AvgIpc) is 3.14. The van der Waals surface area contributed by atoms with Gasteiger partial charge in [0.05, 0.1) is 4.92 Å². The van der Waals surface area contributed by atoms with Crippen LogP contribution < -0.4 is 4.74 Å². The molecule has 1 aliphatic heterocycles.